The Morgan fingerprint density at radius 2 is 2.19 bits per heavy atom. The van der Waals surface area contributed by atoms with Crippen molar-refractivity contribution in [3.05, 3.63) is 36.3 Å². The molecular formula is C22H27N7O2. The highest BCUT2D eigenvalue weighted by Crippen LogP contribution is 2.32. The van der Waals surface area contributed by atoms with Crippen LogP contribution in [0.3, 0.4) is 0 Å². The smallest absolute Gasteiger partial charge is 0.317 e. The minimum absolute atomic E-state index is 0.0398. The van der Waals surface area contributed by atoms with Gasteiger partial charge in [0.2, 0.25) is 0 Å². The lowest BCUT2D eigenvalue weighted by atomic mass is 10.0. The number of urea groups is 1. The minimum atomic E-state index is -0.0398. The second-order valence-electron chi connectivity index (χ2n) is 8.18. The van der Waals surface area contributed by atoms with Crippen LogP contribution in [-0.4, -0.2) is 76.8 Å². The number of aromatic amines is 1. The van der Waals surface area contributed by atoms with Gasteiger partial charge in [0.1, 0.15) is 11.5 Å². The van der Waals surface area contributed by atoms with Crippen molar-refractivity contribution >= 4 is 22.9 Å². The first-order chi connectivity index (χ1) is 15.1. The SMILES string of the molecule is CNC(=O)N1CC[C@H](c2cc(N3CCOC[C@H]3C)nc(-c3ccnc4[nH]ccc34)n2)C1. The number of aromatic nitrogens is 4. The molecule has 2 amide bonds. The maximum Gasteiger partial charge on any atom is 0.317 e. The molecule has 2 aliphatic heterocycles. The lowest BCUT2D eigenvalue weighted by Crippen LogP contribution is -2.44. The highest BCUT2D eigenvalue weighted by molar-refractivity contribution is 5.91. The van der Waals surface area contributed by atoms with Crippen LogP contribution >= 0.6 is 0 Å². The first-order valence-corrected chi connectivity index (χ1v) is 10.8. The van der Waals surface area contributed by atoms with Crippen molar-refractivity contribution in [3.8, 4) is 11.4 Å². The van der Waals surface area contributed by atoms with E-state index in [2.05, 4.69) is 33.2 Å². The molecule has 5 rings (SSSR count). The maximum atomic E-state index is 12.1. The lowest BCUT2D eigenvalue weighted by molar-refractivity contribution is 0.0985. The Hall–Kier alpha value is -3.20. The van der Waals surface area contributed by atoms with E-state index >= 15 is 0 Å². The molecule has 0 bridgehead atoms. The van der Waals surface area contributed by atoms with Crippen LogP contribution in [0.5, 0.6) is 0 Å². The third-order valence-corrected chi connectivity index (χ3v) is 6.20. The normalized spacial score (nSPS) is 21.6. The molecule has 2 fully saturated rings. The molecule has 0 aliphatic carbocycles. The predicted molar refractivity (Wildman–Crippen MR) is 118 cm³/mol. The van der Waals surface area contributed by atoms with E-state index in [4.69, 9.17) is 14.7 Å². The zero-order valence-corrected chi connectivity index (χ0v) is 17.8. The molecule has 3 aromatic rings. The zero-order chi connectivity index (χ0) is 21.4. The van der Waals surface area contributed by atoms with Crippen LogP contribution in [-0.2, 0) is 4.74 Å². The van der Waals surface area contributed by atoms with E-state index in [1.165, 1.54) is 0 Å². The van der Waals surface area contributed by atoms with Crippen LogP contribution in [0.1, 0.15) is 25.0 Å². The van der Waals surface area contributed by atoms with Crippen LogP contribution in [0, 0.1) is 0 Å². The van der Waals surface area contributed by atoms with Gasteiger partial charge in [0.15, 0.2) is 5.82 Å². The summed E-state index contributed by atoms with van der Waals surface area (Å²) in [6.07, 6.45) is 4.55. The summed E-state index contributed by atoms with van der Waals surface area (Å²) in [7, 11) is 1.67. The molecule has 2 aliphatic rings. The topological polar surface area (TPSA) is 99.3 Å². The Morgan fingerprint density at radius 1 is 1.29 bits per heavy atom. The van der Waals surface area contributed by atoms with Crippen molar-refractivity contribution in [2.24, 2.45) is 0 Å². The summed E-state index contributed by atoms with van der Waals surface area (Å²) in [5.41, 5.74) is 2.75. The van der Waals surface area contributed by atoms with Crippen molar-refractivity contribution < 1.29 is 9.53 Å². The molecule has 2 N–H and O–H groups in total. The molecule has 2 atom stereocenters. The number of nitrogens with zero attached hydrogens (tertiary/aromatic N) is 5. The molecule has 2 saturated heterocycles. The quantitative estimate of drug-likeness (QED) is 0.674. The van der Waals surface area contributed by atoms with Gasteiger partial charge < -0.3 is 24.8 Å². The monoisotopic (exact) mass is 421 g/mol. The fourth-order valence-corrected chi connectivity index (χ4v) is 4.50. The van der Waals surface area contributed by atoms with Crippen molar-refractivity contribution in [1.29, 1.82) is 0 Å². The van der Waals surface area contributed by atoms with Crippen LogP contribution < -0.4 is 10.2 Å². The summed E-state index contributed by atoms with van der Waals surface area (Å²) in [5, 5.41) is 3.72. The molecule has 0 radical (unpaired) electrons. The summed E-state index contributed by atoms with van der Waals surface area (Å²) in [6, 6.07) is 6.27. The molecule has 0 aromatic carbocycles. The molecule has 9 heteroatoms. The molecule has 9 nitrogen and oxygen atoms in total. The zero-order valence-electron chi connectivity index (χ0n) is 17.8. The van der Waals surface area contributed by atoms with Crippen molar-refractivity contribution in [3.63, 3.8) is 0 Å². The number of morpholine rings is 1. The van der Waals surface area contributed by atoms with Gasteiger partial charge in [-0.05, 0) is 25.5 Å². The number of carbonyl (C=O) groups is 1. The van der Waals surface area contributed by atoms with Crippen molar-refractivity contribution in [2.45, 2.75) is 25.3 Å². The van der Waals surface area contributed by atoms with Gasteiger partial charge in [-0.3, -0.25) is 0 Å². The molecule has 3 aromatic heterocycles. The fraction of sp³-hybridized carbons (Fsp3) is 0.455. The molecule has 0 saturated carbocycles. The molecule has 0 unspecified atom stereocenters. The molecule has 31 heavy (non-hydrogen) atoms. The largest absolute Gasteiger partial charge is 0.377 e. The van der Waals surface area contributed by atoms with E-state index < -0.39 is 0 Å². The van der Waals surface area contributed by atoms with Crippen molar-refractivity contribution in [1.82, 2.24) is 30.2 Å². The van der Waals surface area contributed by atoms with Gasteiger partial charge in [0, 0.05) is 62.0 Å². The maximum absolute atomic E-state index is 12.1. The van der Waals surface area contributed by atoms with Gasteiger partial charge in [-0.25, -0.2) is 19.7 Å². The molecular weight excluding hydrogens is 394 g/mol. The number of hydrogen-bond acceptors (Lipinski definition) is 6. The van der Waals surface area contributed by atoms with Gasteiger partial charge in [0.25, 0.3) is 0 Å². The standard InChI is InChI=1S/C22H27N7O2/c1-14-13-31-10-9-29(14)19-11-18(15-5-8-28(12-15)22(30)23-2)26-21(27-19)17-4-7-25-20-16(17)3-6-24-20/h3-4,6-7,11,14-15H,5,8-10,12-13H2,1-2H3,(H,23,30)(H,24,25)/t14-,15+/m1/s1. The van der Waals surface area contributed by atoms with E-state index in [0.29, 0.717) is 25.6 Å². The Kier molecular flexibility index (Phi) is 5.19. The number of fused-ring (bicyclic) bond motifs is 1. The van der Waals surface area contributed by atoms with Crippen LogP contribution in [0.2, 0.25) is 0 Å². The number of amides is 2. The highest BCUT2D eigenvalue weighted by Gasteiger charge is 2.30. The fourth-order valence-electron chi connectivity index (χ4n) is 4.50. The average molecular weight is 422 g/mol. The second kappa shape index (κ2) is 8.14. The van der Waals surface area contributed by atoms with E-state index in [1.807, 2.05) is 23.2 Å². The minimum Gasteiger partial charge on any atom is -0.377 e. The number of carbonyl (C=O) groups excluding carboxylic acids is 1. The number of ether oxygens (including phenoxy) is 1. The summed E-state index contributed by atoms with van der Waals surface area (Å²) in [6.45, 7) is 5.70. The predicted octanol–water partition coefficient (Wildman–Crippen LogP) is 2.37. The van der Waals surface area contributed by atoms with Gasteiger partial charge in [0.05, 0.1) is 24.9 Å². The van der Waals surface area contributed by atoms with E-state index in [9.17, 15) is 4.79 Å². The van der Waals surface area contributed by atoms with Crippen LogP contribution in [0.4, 0.5) is 10.6 Å². The number of likely N-dealkylation sites (tertiary alicyclic amines) is 1. The average Bonchev–Trinajstić information content (AvgIpc) is 3.48. The van der Waals surface area contributed by atoms with E-state index in [1.54, 1.807) is 13.2 Å². The Morgan fingerprint density at radius 3 is 3.03 bits per heavy atom. The first kappa shape index (κ1) is 19.7. The van der Waals surface area contributed by atoms with Crippen molar-refractivity contribution in [2.75, 3.05) is 44.8 Å². The second-order valence-corrected chi connectivity index (χ2v) is 8.18. The number of anilines is 1. The number of pyridine rings is 1. The van der Waals surface area contributed by atoms with Gasteiger partial charge >= 0.3 is 6.03 Å². The third kappa shape index (κ3) is 3.69. The number of hydrogen-bond donors (Lipinski definition) is 2. The van der Waals surface area contributed by atoms with E-state index in [0.717, 1.165) is 47.6 Å². The molecule has 162 valence electrons. The summed E-state index contributed by atoms with van der Waals surface area (Å²) < 4.78 is 5.63. The van der Waals surface area contributed by atoms with Gasteiger partial charge in [-0.15, -0.1) is 0 Å². The van der Waals surface area contributed by atoms with E-state index in [-0.39, 0.29) is 18.0 Å². The van der Waals surface area contributed by atoms with Gasteiger partial charge in [-0.2, -0.15) is 0 Å². The number of rotatable bonds is 3. The summed E-state index contributed by atoms with van der Waals surface area (Å²) in [5.74, 6) is 1.78. The Labute approximate surface area is 180 Å². The Bertz CT molecular complexity index is 1100. The third-order valence-electron chi connectivity index (χ3n) is 6.20. The highest BCUT2D eigenvalue weighted by atomic mass is 16.5. The van der Waals surface area contributed by atoms with Crippen LogP contribution in [0.25, 0.3) is 22.4 Å². The number of H-pyrrole nitrogens is 1. The summed E-state index contributed by atoms with van der Waals surface area (Å²) >= 11 is 0. The Balaban J connectivity index is 1.58. The molecule has 5 heterocycles. The van der Waals surface area contributed by atoms with Gasteiger partial charge in [-0.1, -0.05) is 0 Å². The lowest BCUT2D eigenvalue weighted by Gasteiger charge is -2.34. The molecule has 0 spiro atoms. The first-order valence-electron chi connectivity index (χ1n) is 10.8. The summed E-state index contributed by atoms with van der Waals surface area (Å²) in [4.78, 5) is 33.8. The van der Waals surface area contributed by atoms with Crippen LogP contribution in [0.15, 0.2) is 30.6 Å². The number of nitrogens with one attached hydrogen (secondary N) is 2.